The number of nitrogens with zero attached hydrogens (tertiary/aromatic N) is 2. The van der Waals surface area contributed by atoms with E-state index in [2.05, 4.69) is 5.32 Å². The molecule has 1 saturated heterocycles. The van der Waals surface area contributed by atoms with E-state index in [4.69, 9.17) is 16.3 Å². The fourth-order valence-corrected chi connectivity index (χ4v) is 4.08. The van der Waals surface area contributed by atoms with Gasteiger partial charge in [-0.05, 0) is 42.0 Å². The first-order chi connectivity index (χ1) is 15.5. The van der Waals surface area contributed by atoms with Crippen molar-refractivity contribution in [1.82, 2.24) is 9.80 Å². The summed E-state index contributed by atoms with van der Waals surface area (Å²) in [7, 11) is 0. The van der Waals surface area contributed by atoms with Crippen LogP contribution in [0.25, 0.3) is 10.8 Å². The number of ether oxygens (including phenoxy) is 1. The molecule has 1 N–H and O–H groups in total. The monoisotopic (exact) mass is 451 g/mol. The second-order valence-corrected chi connectivity index (χ2v) is 8.13. The Morgan fingerprint density at radius 3 is 2.31 bits per heavy atom. The number of rotatable bonds is 6. The molecule has 1 heterocycles. The highest BCUT2D eigenvalue weighted by Gasteiger charge is 2.25. The topological polar surface area (TPSA) is 61.9 Å². The fraction of sp³-hybridized carbons (Fsp3) is 0.280. The largest absolute Gasteiger partial charge is 0.493 e. The number of fused-ring (bicyclic) bond motifs is 1. The summed E-state index contributed by atoms with van der Waals surface area (Å²) in [5.41, 5.74) is 1.18. The van der Waals surface area contributed by atoms with Crippen molar-refractivity contribution in [2.45, 2.75) is 6.92 Å². The van der Waals surface area contributed by atoms with Gasteiger partial charge in [0.2, 0.25) is 5.91 Å². The van der Waals surface area contributed by atoms with Crippen molar-refractivity contribution in [2.75, 3.05) is 44.6 Å². The van der Waals surface area contributed by atoms with Crippen molar-refractivity contribution in [3.05, 3.63) is 71.2 Å². The molecule has 0 aliphatic carbocycles. The van der Waals surface area contributed by atoms with Gasteiger partial charge in [-0.2, -0.15) is 0 Å². The molecule has 1 fully saturated rings. The zero-order chi connectivity index (χ0) is 22.5. The van der Waals surface area contributed by atoms with Gasteiger partial charge in [-0.1, -0.05) is 48.0 Å². The maximum absolute atomic E-state index is 13.3. The molecule has 1 aliphatic rings. The standard InChI is InChI=1S/C25H26ClN3O3/c1-2-32-23-16-19-8-4-3-7-18(19)15-20(23)25(31)29-13-11-28(12-14-29)17-24(30)27-22-10-6-5-9-21(22)26/h3-10,15-16H,2,11-14,17H2,1H3,(H,27,30). The fourth-order valence-electron chi connectivity index (χ4n) is 3.90. The van der Waals surface area contributed by atoms with E-state index in [1.165, 1.54) is 0 Å². The minimum atomic E-state index is -0.119. The van der Waals surface area contributed by atoms with Crippen LogP contribution in [-0.4, -0.2) is 60.9 Å². The number of carbonyl (C=O) groups is 2. The first-order valence-corrected chi connectivity index (χ1v) is 11.1. The van der Waals surface area contributed by atoms with Gasteiger partial charge in [0.15, 0.2) is 0 Å². The first-order valence-electron chi connectivity index (χ1n) is 10.8. The summed E-state index contributed by atoms with van der Waals surface area (Å²) in [6.45, 7) is 5.02. The van der Waals surface area contributed by atoms with Gasteiger partial charge in [0.1, 0.15) is 5.75 Å². The molecule has 0 atom stereocenters. The molecule has 2 amide bonds. The summed E-state index contributed by atoms with van der Waals surface area (Å²) >= 11 is 6.11. The lowest BCUT2D eigenvalue weighted by Crippen LogP contribution is -2.50. The van der Waals surface area contributed by atoms with E-state index in [1.54, 1.807) is 12.1 Å². The predicted molar refractivity (Wildman–Crippen MR) is 128 cm³/mol. The Labute approximate surface area is 192 Å². The molecule has 0 aromatic heterocycles. The number of piperazine rings is 1. The number of anilines is 1. The smallest absolute Gasteiger partial charge is 0.257 e. The summed E-state index contributed by atoms with van der Waals surface area (Å²) in [5.74, 6) is 0.447. The van der Waals surface area contributed by atoms with Crippen LogP contribution in [-0.2, 0) is 4.79 Å². The van der Waals surface area contributed by atoms with Crippen LogP contribution in [0.3, 0.4) is 0 Å². The summed E-state index contributed by atoms with van der Waals surface area (Å²) in [5, 5.41) is 5.41. The number of hydrogen-bond donors (Lipinski definition) is 1. The zero-order valence-electron chi connectivity index (χ0n) is 18.0. The molecule has 0 radical (unpaired) electrons. The van der Waals surface area contributed by atoms with Crippen LogP contribution in [0.4, 0.5) is 5.69 Å². The van der Waals surface area contributed by atoms with Crippen molar-refractivity contribution in [2.24, 2.45) is 0 Å². The van der Waals surface area contributed by atoms with E-state index in [0.29, 0.717) is 54.8 Å². The Balaban J connectivity index is 1.39. The highest BCUT2D eigenvalue weighted by molar-refractivity contribution is 6.33. The number of halogens is 1. The minimum absolute atomic E-state index is 0.0422. The van der Waals surface area contributed by atoms with Crippen molar-refractivity contribution in [3.63, 3.8) is 0 Å². The lowest BCUT2D eigenvalue weighted by atomic mass is 10.0. The molecule has 0 saturated carbocycles. The molecule has 3 aromatic carbocycles. The Morgan fingerprint density at radius 2 is 1.62 bits per heavy atom. The van der Waals surface area contributed by atoms with Gasteiger partial charge in [-0.15, -0.1) is 0 Å². The zero-order valence-corrected chi connectivity index (χ0v) is 18.8. The summed E-state index contributed by atoms with van der Waals surface area (Å²) in [6.07, 6.45) is 0. The molecule has 166 valence electrons. The van der Waals surface area contributed by atoms with Crippen LogP contribution in [0.5, 0.6) is 5.75 Å². The Bertz CT molecular complexity index is 1130. The summed E-state index contributed by atoms with van der Waals surface area (Å²) < 4.78 is 5.78. The number of benzene rings is 3. The van der Waals surface area contributed by atoms with Gasteiger partial charge in [0.05, 0.1) is 29.4 Å². The summed E-state index contributed by atoms with van der Waals surface area (Å²) in [4.78, 5) is 29.6. The van der Waals surface area contributed by atoms with Crippen molar-refractivity contribution < 1.29 is 14.3 Å². The van der Waals surface area contributed by atoms with Gasteiger partial charge in [0.25, 0.3) is 5.91 Å². The van der Waals surface area contributed by atoms with Crippen LogP contribution in [0.15, 0.2) is 60.7 Å². The molecule has 0 unspecified atom stereocenters. The normalized spacial score (nSPS) is 14.4. The lowest BCUT2D eigenvalue weighted by Gasteiger charge is -2.34. The van der Waals surface area contributed by atoms with Crippen LogP contribution in [0, 0.1) is 0 Å². The number of para-hydroxylation sites is 1. The van der Waals surface area contributed by atoms with Gasteiger partial charge in [0, 0.05) is 26.2 Å². The summed E-state index contributed by atoms with van der Waals surface area (Å²) in [6, 6.07) is 18.9. The minimum Gasteiger partial charge on any atom is -0.493 e. The molecule has 3 aromatic rings. The second-order valence-electron chi connectivity index (χ2n) is 7.72. The number of amides is 2. The van der Waals surface area contributed by atoms with Crippen molar-refractivity contribution >= 4 is 39.9 Å². The van der Waals surface area contributed by atoms with Crippen LogP contribution in [0.1, 0.15) is 17.3 Å². The van der Waals surface area contributed by atoms with Crippen LogP contribution >= 0.6 is 11.6 Å². The first kappa shape index (κ1) is 22.1. The number of carbonyl (C=O) groups excluding carboxylic acids is 2. The molecule has 0 spiro atoms. The van der Waals surface area contributed by atoms with Crippen LogP contribution < -0.4 is 10.1 Å². The Kier molecular flexibility index (Phi) is 6.93. The maximum atomic E-state index is 13.3. The van der Waals surface area contributed by atoms with E-state index >= 15 is 0 Å². The number of nitrogens with one attached hydrogen (secondary N) is 1. The Morgan fingerprint density at radius 1 is 0.969 bits per heavy atom. The van der Waals surface area contributed by atoms with Gasteiger partial charge >= 0.3 is 0 Å². The average molecular weight is 452 g/mol. The second kappa shape index (κ2) is 10.0. The Hall–Kier alpha value is -3.09. The molecule has 6 nitrogen and oxygen atoms in total. The number of hydrogen-bond acceptors (Lipinski definition) is 4. The molecule has 0 bridgehead atoms. The molecular weight excluding hydrogens is 426 g/mol. The van der Waals surface area contributed by atoms with Crippen LogP contribution in [0.2, 0.25) is 5.02 Å². The van der Waals surface area contributed by atoms with E-state index < -0.39 is 0 Å². The predicted octanol–water partition coefficient (Wildman–Crippen LogP) is 4.29. The van der Waals surface area contributed by atoms with E-state index in [-0.39, 0.29) is 18.4 Å². The molecule has 1 aliphatic heterocycles. The van der Waals surface area contributed by atoms with E-state index in [9.17, 15) is 9.59 Å². The maximum Gasteiger partial charge on any atom is 0.257 e. The van der Waals surface area contributed by atoms with Gasteiger partial charge < -0.3 is 15.0 Å². The molecular formula is C25H26ClN3O3. The van der Waals surface area contributed by atoms with E-state index in [1.807, 2.05) is 65.3 Å². The third-order valence-corrected chi connectivity index (χ3v) is 5.88. The third kappa shape index (κ3) is 5.03. The van der Waals surface area contributed by atoms with E-state index in [0.717, 1.165) is 10.8 Å². The van der Waals surface area contributed by atoms with Crippen molar-refractivity contribution in [3.8, 4) is 5.75 Å². The SMILES string of the molecule is CCOc1cc2ccccc2cc1C(=O)N1CCN(CC(=O)Nc2ccccc2Cl)CC1. The highest BCUT2D eigenvalue weighted by atomic mass is 35.5. The third-order valence-electron chi connectivity index (χ3n) is 5.55. The van der Waals surface area contributed by atoms with Gasteiger partial charge in [-0.25, -0.2) is 0 Å². The lowest BCUT2D eigenvalue weighted by molar-refractivity contribution is -0.117. The van der Waals surface area contributed by atoms with Gasteiger partial charge in [-0.3, -0.25) is 14.5 Å². The highest BCUT2D eigenvalue weighted by Crippen LogP contribution is 2.28. The molecule has 4 rings (SSSR count). The molecule has 32 heavy (non-hydrogen) atoms. The average Bonchev–Trinajstić information content (AvgIpc) is 2.80. The quantitative estimate of drug-likeness (QED) is 0.607. The van der Waals surface area contributed by atoms with Crippen molar-refractivity contribution in [1.29, 1.82) is 0 Å². The molecule has 7 heteroatoms.